The van der Waals surface area contributed by atoms with E-state index in [1.807, 2.05) is 0 Å². The Labute approximate surface area is 87.2 Å². The van der Waals surface area contributed by atoms with E-state index in [4.69, 9.17) is 5.73 Å². The number of likely N-dealkylation sites (tertiary alicyclic amines) is 2. The van der Waals surface area contributed by atoms with Crippen LogP contribution in [-0.4, -0.2) is 55.6 Å². The first-order chi connectivity index (χ1) is 6.88. The highest BCUT2D eigenvalue weighted by atomic mass is 15.2. The van der Waals surface area contributed by atoms with Crippen LogP contribution in [0.1, 0.15) is 19.3 Å². The summed E-state index contributed by atoms with van der Waals surface area (Å²) in [7, 11) is 0. The average Bonchev–Trinajstić information content (AvgIpc) is 2.61. The van der Waals surface area contributed by atoms with Crippen molar-refractivity contribution in [3.8, 4) is 0 Å². The van der Waals surface area contributed by atoms with Gasteiger partial charge in [-0.05, 0) is 57.9 Å². The van der Waals surface area contributed by atoms with Gasteiger partial charge in [0.25, 0.3) is 0 Å². The molecule has 0 spiro atoms. The van der Waals surface area contributed by atoms with Crippen LogP contribution in [0, 0.1) is 5.92 Å². The minimum atomic E-state index is 0.793. The SMILES string of the molecule is NCC1CN(CCCN2CCCC2)C1. The summed E-state index contributed by atoms with van der Waals surface area (Å²) in [5, 5.41) is 0. The Morgan fingerprint density at radius 3 is 2.29 bits per heavy atom. The third kappa shape index (κ3) is 2.69. The minimum Gasteiger partial charge on any atom is -0.330 e. The molecular formula is C11H23N3. The number of rotatable bonds is 5. The maximum Gasteiger partial charge on any atom is 0.00341 e. The molecule has 0 bridgehead atoms. The van der Waals surface area contributed by atoms with Crippen molar-refractivity contribution in [1.29, 1.82) is 0 Å². The Morgan fingerprint density at radius 2 is 1.64 bits per heavy atom. The molecule has 2 saturated heterocycles. The highest BCUT2D eigenvalue weighted by Gasteiger charge is 2.24. The summed E-state index contributed by atoms with van der Waals surface area (Å²) < 4.78 is 0. The second-order valence-electron chi connectivity index (χ2n) is 4.76. The molecule has 3 heteroatoms. The monoisotopic (exact) mass is 197 g/mol. The van der Waals surface area contributed by atoms with Crippen LogP contribution >= 0.6 is 0 Å². The predicted molar refractivity (Wildman–Crippen MR) is 59.3 cm³/mol. The smallest absolute Gasteiger partial charge is 0.00341 e. The van der Waals surface area contributed by atoms with E-state index >= 15 is 0 Å². The zero-order valence-electron chi connectivity index (χ0n) is 9.12. The van der Waals surface area contributed by atoms with Gasteiger partial charge in [-0.25, -0.2) is 0 Å². The summed E-state index contributed by atoms with van der Waals surface area (Å²) in [5.41, 5.74) is 5.59. The lowest BCUT2D eigenvalue weighted by Crippen LogP contribution is -2.50. The van der Waals surface area contributed by atoms with Crippen LogP contribution in [0.5, 0.6) is 0 Å². The fraction of sp³-hybridized carbons (Fsp3) is 1.00. The van der Waals surface area contributed by atoms with Crippen LogP contribution in [0.3, 0.4) is 0 Å². The Morgan fingerprint density at radius 1 is 1.00 bits per heavy atom. The molecule has 2 heterocycles. The molecule has 82 valence electrons. The third-order valence-corrected chi connectivity index (χ3v) is 3.51. The molecule has 2 aliphatic heterocycles. The molecule has 0 saturated carbocycles. The third-order valence-electron chi connectivity index (χ3n) is 3.51. The predicted octanol–water partition coefficient (Wildman–Crippen LogP) is 0.363. The molecule has 0 aliphatic carbocycles. The van der Waals surface area contributed by atoms with Gasteiger partial charge < -0.3 is 15.5 Å². The van der Waals surface area contributed by atoms with Gasteiger partial charge in [0.05, 0.1) is 0 Å². The summed E-state index contributed by atoms with van der Waals surface area (Å²) in [6.07, 6.45) is 4.18. The molecule has 2 N–H and O–H groups in total. The molecule has 0 radical (unpaired) electrons. The van der Waals surface area contributed by atoms with Gasteiger partial charge in [0.2, 0.25) is 0 Å². The Hall–Kier alpha value is -0.120. The maximum atomic E-state index is 5.59. The van der Waals surface area contributed by atoms with E-state index in [0.29, 0.717) is 0 Å². The molecule has 2 fully saturated rings. The Kier molecular flexibility index (Phi) is 3.79. The number of hydrogen-bond donors (Lipinski definition) is 1. The number of nitrogens with zero attached hydrogens (tertiary/aromatic N) is 2. The van der Waals surface area contributed by atoms with Gasteiger partial charge >= 0.3 is 0 Å². The van der Waals surface area contributed by atoms with E-state index in [1.165, 1.54) is 58.5 Å². The molecule has 2 aliphatic rings. The molecule has 0 aromatic rings. The van der Waals surface area contributed by atoms with Crippen molar-refractivity contribution in [3.05, 3.63) is 0 Å². The fourth-order valence-corrected chi connectivity index (χ4v) is 2.53. The van der Waals surface area contributed by atoms with Gasteiger partial charge in [-0.3, -0.25) is 0 Å². The minimum absolute atomic E-state index is 0.793. The van der Waals surface area contributed by atoms with Crippen LogP contribution in [0.15, 0.2) is 0 Å². The van der Waals surface area contributed by atoms with Crippen LogP contribution in [0.4, 0.5) is 0 Å². The topological polar surface area (TPSA) is 32.5 Å². The average molecular weight is 197 g/mol. The largest absolute Gasteiger partial charge is 0.330 e. The zero-order chi connectivity index (χ0) is 9.80. The second kappa shape index (κ2) is 5.10. The summed E-state index contributed by atoms with van der Waals surface area (Å²) in [5.74, 6) is 0.793. The molecule has 3 nitrogen and oxygen atoms in total. The molecule has 14 heavy (non-hydrogen) atoms. The van der Waals surface area contributed by atoms with Crippen molar-refractivity contribution in [3.63, 3.8) is 0 Å². The lowest BCUT2D eigenvalue weighted by atomic mass is 10.0. The van der Waals surface area contributed by atoms with Crippen molar-refractivity contribution in [1.82, 2.24) is 9.80 Å². The van der Waals surface area contributed by atoms with Crippen LogP contribution in [0.25, 0.3) is 0 Å². The van der Waals surface area contributed by atoms with Gasteiger partial charge in [-0.1, -0.05) is 0 Å². The number of nitrogens with two attached hydrogens (primary N) is 1. The molecule has 0 aromatic heterocycles. The second-order valence-corrected chi connectivity index (χ2v) is 4.76. The quantitative estimate of drug-likeness (QED) is 0.691. The van der Waals surface area contributed by atoms with E-state index < -0.39 is 0 Å². The summed E-state index contributed by atoms with van der Waals surface area (Å²) >= 11 is 0. The van der Waals surface area contributed by atoms with E-state index in [0.717, 1.165) is 12.5 Å². The van der Waals surface area contributed by atoms with Crippen molar-refractivity contribution >= 4 is 0 Å². The van der Waals surface area contributed by atoms with Gasteiger partial charge in [0.1, 0.15) is 0 Å². The molecular weight excluding hydrogens is 174 g/mol. The van der Waals surface area contributed by atoms with Crippen LogP contribution < -0.4 is 5.73 Å². The lowest BCUT2D eigenvalue weighted by molar-refractivity contribution is 0.101. The highest BCUT2D eigenvalue weighted by Crippen LogP contribution is 2.14. The maximum absolute atomic E-state index is 5.59. The van der Waals surface area contributed by atoms with Crippen molar-refractivity contribution < 1.29 is 0 Å². The molecule has 0 atom stereocenters. The van der Waals surface area contributed by atoms with Crippen LogP contribution in [0.2, 0.25) is 0 Å². The van der Waals surface area contributed by atoms with E-state index in [-0.39, 0.29) is 0 Å². The first-order valence-electron chi connectivity index (χ1n) is 6.03. The lowest BCUT2D eigenvalue weighted by Gasteiger charge is -2.38. The van der Waals surface area contributed by atoms with Crippen LogP contribution in [-0.2, 0) is 0 Å². The summed E-state index contributed by atoms with van der Waals surface area (Å²) in [4.78, 5) is 5.13. The zero-order valence-corrected chi connectivity index (χ0v) is 9.12. The molecule has 0 unspecified atom stereocenters. The van der Waals surface area contributed by atoms with Crippen molar-refractivity contribution in [2.24, 2.45) is 11.7 Å². The molecule has 2 rings (SSSR count). The molecule has 0 aromatic carbocycles. The first kappa shape index (κ1) is 10.4. The normalized spacial score (nSPS) is 25.5. The van der Waals surface area contributed by atoms with Gasteiger partial charge in [-0.15, -0.1) is 0 Å². The number of hydrogen-bond acceptors (Lipinski definition) is 3. The highest BCUT2D eigenvalue weighted by molar-refractivity contribution is 4.80. The Balaban J connectivity index is 1.47. The molecule has 0 amide bonds. The first-order valence-corrected chi connectivity index (χ1v) is 6.03. The van der Waals surface area contributed by atoms with E-state index in [2.05, 4.69) is 9.80 Å². The Bertz CT molecular complexity index is 160. The van der Waals surface area contributed by atoms with Crippen molar-refractivity contribution in [2.75, 3.05) is 45.8 Å². The van der Waals surface area contributed by atoms with E-state index in [9.17, 15) is 0 Å². The van der Waals surface area contributed by atoms with E-state index in [1.54, 1.807) is 0 Å². The summed E-state index contributed by atoms with van der Waals surface area (Å²) in [6, 6.07) is 0. The fourth-order valence-electron chi connectivity index (χ4n) is 2.53. The standard InChI is InChI=1S/C11H23N3/c12-8-11-9-14(10-11)7-3-6-13-4-1-2-5-13/h11H,1-10,12H2. The summed E-state index contributed by atoms with van der Waals surface area (Å²) in [6.45, 7) is 8.64. The van der Waals surface area contributed by atoms with Gasteiger partial charge in [0, 0.05) is 13.1 Å². The van der Waals surface area contributed by atoms with Gasteiger partial charge in [-0.2, -0.15) is 0 Å². The van der Waals surface area contributed by atoms with Crippen molar-refractivity contribution in [2.45, 2.75) is 19.3 Å². The van der Waals surface area contributed by atoms with Gasteiger partial charge in [0.15, 0.2) is 0 Å².